The topological polar surface area (TPSA) is 55.5 Å². The summed E-state index contributed by atoms with van der Waals surface area (Å²) in [4.78, 5) is 0. The number of nitrogens with two attached hydrogens (primary N) is 1. The van der Waals surface area contributed by atoms with Crippen LogP contribution in [0.25, 0.3) is 0 Å². The largest absolute Gasteiger partial charge is 0.496 e. The number of unbranched alkanes of at least 4 members (excludes halogenated alkanes) is 2. The molecule has 0 aliphatic carbocycles. The lowest BCUT2D eigenvalue weighted by Gasteiger charge is -2.22. The van der Waals surface area contributed by atoms with E-state index in [-0.39, 0.29) is 12.0 Å². The lowest BCUT2D eigenvalue weighted by molar-refractivity contribution is 0.132. The Morgan fingerprint density at radius 2 is 2.05 bits per heavy atom. The highest BCUT2D eigenvalue weighted by molar-refractivity contribution is 5.38. The van der Waals surface area contributed by atoms with E-state index >= 15 is 0 Å². The number of hydrogen-bond acceptors (Lipinski definition) is 3. The summed E-state index contributed by atoms with van der Waals surface area (Å²) >= 11 is 0. The minimum atomic E-state index is -0.371. The SMILES string of the molecule is CCCCCC(O)C(CN)c1ccc(C)c(OC)c1. The molecule has 0 spiro atoms. The van der Waals surface area contributed by atoms with Crippen molar-refractivity contribution in [2.24, 2.45) is 5.73 Å². The van der Waals surface area contributed by atoms with Crippen molar-refractivity contribution in [2.45, 2.75) is 51.6 Å². The van der Waals surface area contributed by atoms with E-state index in [9.17, 15) is 5.11 Å². The molecular formula is C16H27NO2. The number of benzene rings is 1. The molecule has 3 heteroatoms. The summed E-state index contributed by atoms with van der Waals surface area (Å²) in [6.45, 7) is 4.63. The smallest absolute Gasteiger partial charge is 0.122 e. The first-order valence-corrected chi connectivity index (χ1v) is 7.16. The summed E-state index contributed by atoms with van der Waals surface area (Å²) in [5, 5.41) is 10.3. The Hall–Kier alpha value is -1.06. The van der Waals surface area contributed by atoms with E-state index in [0.29, 0.717) is 6.54 Å². The Bertz CT molecular complexity index is 379. The molecule has 0 fully saturated rings. The van der Waals surface area contributed by atoms with Crippen LogP contribution in [0.2, 0.25) is 0 Å². The number of ether oxygens (including phenoxy) is 1. The Morgan fingerprint density at radius 3 is 2.63 bits per heavy atom. The van der Waals surface area contributed by atoms with Crippen molar-refractivity contribution in [3.63, 3.8) is 0 Å². The molecule has 0 saturated carbocycles. The average molecular weight is 265 g/mol. The molecule has 108 valence electrons. The van der Waals surface area contributed by atoms with Crippen molar-refractivity contribution in [3.8, 4) is 5.75 Å². The van der Waals surface area contributed by atoms with Gasteiger partial charge in [0.05, 0.1) is 13.2 Å². The number of methoxy groups -OCH3 is 1. The van der Waals surface area contributed by atoms with E-state index < -0.39 is 0 Å². The van der Waals surface area contributed by atoms with E-state index in [4.69, 9.17) is 10.5 Å². The van der Waals surface area contributed by atoms with Crippen LogP contribution in [0.15, 0.2) is 18.2 Å². The van der Waals surface area contributed by atoms with Crippen LogP contribution in [0.1, 0.15) is 49.7 Å². The van der Waals surface area contributed by atoms with Crippen molar-refractivity contribution in [3.05, 3.63) is 29.3 Å². The third-order valence-corrected chi connectivity index (χ3v) is 3.68. The zero-order valence-corrected chi connectivity index (χ0v) is 12.4. The van der Waals surface area contributed by atoms with Gasteiger partial charge in [0.1, 0.15) is 5.75 Å². The molecule has 0 aliphatic rings. The fraction of sp³-hybridized carbons (Fsp3) is 0.625. The quantitative estimate of drug-likeness (QED) is 0.710. The molecule has 2 atom stereocenters. The maximum atomic E-state index is 10.3. The summed E-state index contributed by atoms with van der Waals surface area (Å²) < 4.78 is 5.34. The molecule has 0 saturated heterocycles. The molecule has 0 radical (unpaired) electrons. The zero-order valence-electron chi connectivity index (χ0n) is 12.4. The van der Waals surface area contributed by atoms with Gasteiger partial charge >= 0.3 is 0 Å². The van der Waals surface area contributed by atoms with Gasteiger partial charge in [-0.1, -0.05) is 38.3 Å². The van der Waals surface area contributed by atoms with E-state index in [2.05, 4.69) is 6.92 Å². The third-order valence-electron chi connectivity index (χ3n) is 3.68. The summed E-state index contributed by atoms with van der Waals surface area (Å²) in [7, 11) is 1.67. The molecule has 3 N–H and O–H groups in total. The fourth-order valence-electron chi connectivity index (χ4n) is 2.39. The standard InChI is InChI=1S/C16H27NO2/c1-4-5-6-7-15(18)14(11-17)13-9-8-12(2)16(10-13)19-3/h8-10,14-15,18H,4-7,11,17H2,1-3H3. The predicted octanol–water partition coefficient (Wildman–Crippen LogP) is 2.99. The zero-order chi connectivity index (χ0) is 14.3. The maximum Gasteiger partial charge on any atom is 0.122 e. The van der Waals surface area contributed by atoms with Crippen molar-refractivity contribution in [2.75, 3.05) is 13.7 Å². The Kier molecular flexibility index (Phi) is 6.89. The highest BCUT2D eigenvalue weighted by Crippen LogP contribution is 2.27. The van der Waals surface area contributed by atoms with Gasteiger partial charge in [-0.25, -0.2) is 0 Å². The molecule has 0 aromatic heterocycles. The van der Waals surface area contributed by atoms with Crippen LogP contribution < -0.4 is 10.5 Å². The monoisotopic (exact) mass is 265 g/mol. The number of rotatable bonds is 8. The molecule has 0 amide bonds. The maximum absolute atomic E-state index is 10.3. The van der Waals surface area contributed by atoms with Crippen LogP contribution >= 0.6 is 0 Å². The Labute approximate surface area is 116 Å². The molecular weight excluding hydrogens is 238 g/mol. The van der Waals surface area contributed by atoms with Gasteiger partial charge in [0.2, 0.25) is 0 Å². The third kappa shape index (κ3) is 4.51. The molecule has 19 heavy (non-hydrogen) atoms. The lowest BCUT2D eigenvalue weighted by Crippen LogP contribution is -2.26. The van der Waals surface area contributed by atoms with Gasteiger partial charge < -0.3 is 15.6 Å². The van der Waals surface area contributed by atoms with Crippen LogP contribution in [0.3, 0.4) is 0 Å². The first kappa shape index (κ1) is 16.0. The van der Waals surface area contributed by atoms with Gasteiger partial charge in [0.15, 0.2) is 0 Å². The van der Waals surface area contributed by atoms with Crippen molar-refractivity contribution >= 4 is 0 Å². The van der Waals surface area contributed by atoms with Gasteiger partial charge in [-0.2, -0.15) is 0 Å². The van der Waals surface area contributed by atoms with Crippen molar-refractivity contribution < 1.29 is 9.84 Å². The normalized spacial score (nSPS) is 14.2. The number of aliphatic hydroxyl groups is 1. The molecule has 0 heterocycles. The Morgan fingerprint density at radius 1 is 1.32 bits per heavy atom. The minimum absolute atomic E-state index is 0.00800. The second-order valence-corrected chi connectivity index (χ2v) is 5.13. The number of hydrogen-bond donors (Lipinski definition) is 2. The summed E-state index contributed by atoms with van der Waals surface area (Å²) in [5.41, 5.74) is 8.00. The Balaban J connectivity index is 2.78. The van der Waals surface area contributed by atoms with E-state index in [0.717, 1.165) is 36.1 Å². The number of aliphatic hydroxyl groups excluding tert-OH is 1. The van der Waals surface area contributed by atoms with E-state index in [1.54, 1.807) is 7.11 Å². The van der Waals surface area contributed by atoms with Gasteiger partial charge in [0, 0.05) is 12.5 Å². The average Bonchev–Trinajstić information content (AvgIpc) is 2.41. The molecule has 1 aromatic carbocycles. The van der Waals surface area contributed by atoms with Gasteiger partial charge in [-0.15, -0.1) is 0 Å². The van der Waals surface area contributed by atoms with Crippen molar-refractivity contribution in [1.29, 1.82) is 0 Å². The van der Waals surface area contributed by atoms with Crippen LogP contribution in [0.4, 0.5) is 0 Å². The minimum Gasteiger partial charge on any atom is -0.496 e. The van der Waals surface area contributed by atoms with Gasteiger partial charge in [0.25, 0.3) is 0 Å². The van der Waals surface area contributed by atoms with E-state index in [1.165, 1.54) is 6.42 Å². The fourth-order valence-corrected chi connectivity index (χ4v) is 2.39. The first-order chi connectivity index (χ1) is 9.13. The van der Waals surface area contributed by atoms with Crippen LogP contribution in [0, 0.1) is 6.92 Å². The highest BCUT2D eigenvalue weighted by atomic mass is 16.5. The molecule has 1 aromatic rings. The molecule has 1 rings (SSSR count). The number of aryl methyl sites for hydroxylation is 1. The van der Waals surface area contributed by atoms with E-state index in [1.807, 2.05) is 25.1 Å². The van der Waals surface area contributed by atoms with Gasteiger partial charge in [-0.05, 0) is 30.5 Å². The molecule has 0 aliphatic heterocycles. The molecule has 3 nitrogen and oxygen atoms in total. The second kappa shape index (κ2) is 8.18. The van der Waals surface area contributed by atoms with Crippen molar-refractivity contribution in [1.82, 2.24) is 0 Å². The predicted molar refractivity (Wildman–Crippen MR) is 79.7 cm³/mol. The van der Waals surface area contributed by atoms with Crippen LogP contribution in [-0.2, 0) is 0 Å². The molecule has 0 bridgehead atoms. The first-order valence-electron chi connectivity index (χ1n) is 7.16. The lowest BCUT2D eigenvalue weighted by atomic mass is 9.89. The van der Waals surface area contributed by atoms with Crippen LogP contribution in [0.5, 0.6) is 5.75 Å². The summed E-state index contributed by atoms with van der Waals surface area (Å²) in [5.74, 6) is 0.850. The van der Waals surface area contributed by atoms with Gasteiger partial charge in [-0.3, -0.25) is 0 Å². The van der Waals surface area contributed by atoms with Crippen LogP contribution in [-0.4, -0.2) is 24.9 Å². The summed E-state index contributed by atoms with van der Waals surface area (Å²) in [6, 6.07) is 6.06. The molecule has 2 unspecified atom stereocenters. The second-order valence-electron chi connectivity index (χ2n) is 5.13. The highest BCUT2D eigenvalue weighted by Gasteiger charge is 2.20. The summed E-state index contributed by atoms with van der Waals surface area (Å²) in [6.07, 6.45) is 3.82.